The Morgan fingerprint density at radius 2 is 2.10 bits per heavy atom. The molecule has 2 N–H and O–H groups in total. The van der Waals surface area contributed by atoms with E-state index in [0.29, 0.717) is 17.8 Å². The van der Waals surface area contributed by atoms with E-state index in [-0.39, 0.29) is 12.2 Å². The molecule has 0 amide bonds. The number of carbonyl (C=O) groups is 1. The van der Waals surface area contributed by atoms with E-state index < -0.39 is 5.97 Å². The quantitative estimate of drug-likeness (QED) is 0.677. The van der Waals surface area contributed by atoms with E-state index in [2.05, 4.69) is 0 Å². The van der Waals surface area contributed by atoms with Crippen LogP contribution in [0.4, 0.5) is 5.69 Å². The molecular weight excluding hydrogens is 256 g/mol. The van der Waals surface area contributed by atoms with Crippen molar-refractivity contribution in [3.05, 3.63) is 64.1 Å². The summed E-state index contributed by atoms with van der Waals surface area (Å²) in [6.07, 6.45) is 1.65. The number of nitrogens with zero attached hydrogens (tertiary/aromatic N) is 1. The third-order valence-corrected chi connectivity index (χ3v) is 2.80. The Bertz CT molecular complexity index is 657. The molecule has 1 aromatic heterocycles. The van der Waals surface area contributed by atoms with Gasteiger partial charge in [0, 0.05) is 18.0 Å². The van der Waals surface area contributed by atoms with Crippen molar-refractivity contribution in [1.29, 1.82) is 0 Å². The molecule has 20 heavy (non-hydrogen) atoms. The van der Waals surface area contributed by atoms with Gasteiger partial charge < -0.3 is 15.0 Å². The van der Waals surface area contributed by atoms with Gasteiger partial charge in [-0.2, -0.15) is 0 Å². The Hall–Kier alpha value is -2.56. The second-order valence-electron chi connectivity index (χ2n) is 4.50. The lowest BCUT2D eigenvalue weighted by atomic mass is 10.1. The first-order valence-electron chi connectivity index (χ1n) is 6.26. The fourth-order valence-corrected chi connectivity index (χ4v) is 1.90. The van der Waals surface area contributed by atoms with Crippen molar-refractivity contribution in [2.24, 2.45) is 0 Å². The maximum Gasteiger partial charge on any atom is 0.338 e. The number of aryl methyl sites for hydroxylation is 1. The summed E-state index contributed by atoms with van der Waals surface area (Å²) in [6, 6.07) is 9.95. The molecule has 0 radical (unpaired) electrons. The normalized spacial score (nSPS) is 10.2. The van der Waals surface area contributed by atoms with Gasteiger partial charge >= 0.3 is 5.97 Å². The third kappa shape index (κ3) is 3.47. The monoisotopic (exact) mass is 272 g/mol. The summed E-state index contributed by atoms with van der Waals surface area (Å²) in [4.78, 5) is 23.3. The van der Waals surface area contributed by atoms with Crippen LogP contribution in [-0.2, 0) is 11.3 Å². The average molecular weight is 272 g/mol. The first-order valence-corrected chi connectivity index (χ1v) is 6.26. The molecule has 5 nitrogen and oxygen atoms in total. The number of benzene rings is 1. The van der Waals surface area contributed by atoms with Crippen molar-refractivity contribution in [2.45, 2.75) is 13.5 Å². The van der Waals surface area contributed by atoms with Crippen LogP contribution in [0, 0.1) is 6.92 Å². The minimum absolute atomic E-state index is 0.122. The lowest BCUT2D eigenvalue weighted by molar-refractivity contribution is 0.0490. The number of carbonyl (C=O) groups excluding carboxylic acids is 1. The Morgan fingerprint density at radius 3 is 2.80 bits per heavy atom. The van der Waals surface area contributed by atoms with E-state index in [0.717, 1.165) is 5.56 Å². The van der Waals surface area contributed by atoms with E-state index in [1.807, 2.05) is 6.92 Å². The summed E-state index contributed by atoms with van der Waals surface area (Å²) < 4.78 is 6.63. The van der Waals surface area contributed by atoms with E-state index in [4.69, 9.17) is 10.5 Å². The highest BCUT2D eigenvalue weighted by atomic mass is 16.5. The highest BCUT2D eigenvalue weighted by molar-refractivity contribution is 5.90. The van der Waals surface area contributed by atoms with Gasteiger partial charge in [-0.05, 0) is 36.8 Å². The number of pyridine rings is 1. The van der Waals surface area contributed by atoms with Gasteiger partial charge in [0.25, 0.3) is 5.56 Å². The van der Waals surface area contributed by atoms with Crippen LogP contribution >= 0.6 is 0 Å². The van der Waals surface area contributed by atoms with Crippen molar-refractivity contribution in [2.75, 3.05) is 12.3 Å². The Morgan fingerprint density at radius 1 is 1.30 bits per heavy atom. The Labute approximate surface area is 116 Å². The second kappa shape index (κ2) is 6.06. The number of nitrogen functional groups attached to an aromatic ring is 1. The standard InChI is InChI=1S/C15H16N2O3/c1-11-8-12(10-13(16)9-11)15(19)20-7-6-17-5-3-2-4-14(17)18/h2-5,8-10H,6-7,16H2,1H3. The predicted octanol–water partition coefficient (Wildman–Crippen LogP) is 1.60. The molecule has 0 unspecified atom stereocenters. The first-order chi connectivity index (χ1) is 9.56. The van der Waals surface area contributed by atoms with Gasteiger partial charge in [-0.25, -0.2) is 4.79 Å². The molecular formula is C15H16N2O3. The lowest BCUT2D eigenvalue weighted by Crippen LogP contribution is -2.21. The number of aromatic nitrogens is 1. The fourth-order valence-electron chi connectivity index (χ4n) is 1.90. The minimum Gasteiger partial charge on any atom is -0.460 e. The summed E-state index contributed by atoms with van der Waals surface area (Å²) in [5.41, 5.74) is 7.40. The summed E-state index contributed by atoms with van der Waals surface area (Å²) >= 11 is 0. The number of rotatable bonds is 4. The molecule has 1 heterocycles. The van der Waals surface area contributed by atoms with Crippen molar-refractivity contribution in [3.8, 4) is 0 Å². The minimum atomic E-state index is -0.440. The topological polar surface area (TPSA) is 74.3 Å². The number of esters is 1. The largest absolute Gasteiger partial charge is 0.460 e. The zero-order valence-corrected chi connectivity index (χ0v) is 11.2. The first kappa shape index (κ1) is 13.9. The van der Waals surface area contributed by atoms with Crippen molar-refractivity contribution >= 4 is 11.7 Å². The third-order valence-electron chi connectivity index (χ3n) is 2.80. The highest BCUT2D eigenvalue weighted by Crippen LogP contribution is 2.12. The van der Waals surface area contributed by atoms with Gasteiger partial charge in [0.2, 0.25) is 0 Å². The maximum absolute atomic E-state index is 11.9. The number of nitrogens with two attached hydrogens (primary N) is 1. The molecule has 0 bridgehead atoms. The van der Waals surface area contributed by atoms with E-state index in [9.17, 15) is 9.59 Å². The molecule has 2 aromatic rings. The molecule has 0 spiro atoms. The summed E-state index contributed by atoms with van der Waals surface area (Å²) in [5, 5.41) is 0. The Balaban J connectivity index is 1.96. The second-order valence-corrected chi connectivity index (χ2v) is 4.50. The van der Waals surface area contributed by atoms with Crippen LogP contribution in [0.5, 0.6) is 0 Å². The van der Waals surface area contributed by atoms with Crippen LogP contribution < -0.4 is 11.3 Å². The zero-order chi connectivity index (χ0) is 14.5. The zero-order valence-electron chi connectivity index (χ0n) is 11.2. The van der Waals surface area contributed by atoms with Gasteiger partial charge in [0.15, 0.2) is 0 Å². The predicted molar refractivity (Wildman–Crippen MR) is 76.6 cm³/mol. The van der Waals surface area contributed by atoms with Crippen molar-refractivity contribution < 1.29 is 9.53 Å². The number of hydrogen-bond acceptors (Lipinski definition) is 4. The van der Waals surface area contributed by atoms with Crippen LogP contribution in [0.3, 0.4) is 0 Å². The Kier molecular flexibility index (Phi) is 4.20. The van der Waals surface area contributed by atoms with Crippen LogP contribution in [0.25, 0.3) is 0 Å². The van der Waals surface area contributed by atoms with Gasteiger partial charge in [-0.3, -0.25) is 4.79 Å². The van der Waals surface area contributed by atoms with Crippen LogP contribution in [-0.4, -0.2) is 17.1 Å². The number of ether oxygens (including phenoxy) is 1. The van der Waals surface area contributed by atoms with E-state index in [1.165, 1.54) is 10.6 Å². The average Bonchev–Trinajstić information content (AvgIpc) is 2.39. The SMILES string of the molecule is Cc1cc(N)cc(C(=O)OCCn2ccccc2=O)c1. The smallest absolute Gasteiger partial charge is 0.338 e. The molecule has 1 aromatic carbocycles. The van der Waals surface area contributed by atoms with Gasteiger partial charge in [-0.15, -0.1) is 0 Å². The lowest BCUT2D eigenvalue weighted by Gasteiger charge is -2.08. The molecule has 0 atom stereocenters. The number of hydrogen-bond donors (Lipinski definition) is 1. The molecule has 0 aliphatic heterocycles. The molecule has 0 aliphatic rings. The van der Waals surface area contributed by atoms with Crippen molar-refractivity contribution in [1.82, 2.24) is 4.57 Å². The highest BCUT2D eigenvalue weighted by Gasteiger charge is 2.08. The van der Waals surface area contributed by atoms with Gasteiger partial charge in [0.1, 0.15) is 6.61 Å². The molecule has 2 rings (SSSR count). The summed E-state index contributed by atoms with van der Waals surface area (Å²) in [7, 11) is 0. The van der Waals surface area contributed by atoms with Gasteiger partial charge in [-0.1, -0.05) is 6.07 Å². The fraction of sp³-hybridized carbons (Fsp3) is 0.200. The van der Waals surface area contributed by atoms with E-state index in [1.54, 1.807) is 36.5 Å². The van der Waals surface area contributed by atoms with Gasteiger partial charge in [0.05, 0.1) is 12.1 Å². The summed E-state index contributed by atoms with van der Waals surface area (Å²) in [6.45, 7) is 2.32. The van der Waals surface area contributed by atoms with Crippen molar-refractivity contribution in [3.63, 3.8) is 0 Å². The molecule has 104 valence electrons. The van der Waals surface area contributed by atoms with Crippen LogP contribution in [0.1, 0.15) is 15.9 Å². The van der Waals surface area contributed by atoms with E-state index >= 15 is 0 Å². The maximum atomic E-state index is 11.9. The molecule has 5 heteroatoms. The van der Waals surface area contributed by atoms with Crippen LogP contribution in [0.15, 0.2) is 47.4 Å². The molecule has 0 fully saturated rings. The molecule has 0 saturated heterocycles. The number of anilines is 1. The summed E-state index contributed by atoms with van der Waals surface area (Å²) in [5.74, 6) is -0.440. The molecule has 0 aliphatic carbocycles. The molecule has 0 saturated carbocycles. The van der Waals surface area contributed by atoms with Crippen LogP contribution in [0.2, 0.25) is 0 Å².